The van der Waals surface area contributed by atoms with Gasteiger partial charge in [0.1, 0.15) is 0 Å². The number of nitrogens with one attached hydrogen (secondary N) is 2. The van der Waals surface area contributed by atoms with Crippen molar-refractivity contribution >= 4 is 5.96 Å². The van der Waals surface area contributed by atoms with Gasteiger partial charge in [-0.05, 0) is 31.6 Å². The number of aliphatic imine (C=N–C) groups is 1. The number of ether oxygens (including phenoxy) is 1. The van der Waals surface area contributed by atoms with E-state index in [1.54, 1.807) is 0 Å². The fraction of sp³-hybridized carbons (Fsp3) is 0.944. The van der Waals surface area contributed by atoms with E-state index in [9.17, 15) is 0 Å². The van der Waals surface area contributed by atoms with E-state index in [-0.39, 0.29) is 6.10 Å². The van der Waals surface area contributed by atoms with Crippen molar-refractivity contribution in [1.29, 1.82) is 0 Å². The van der Waals surface area contributed by atoms with Crippen LogP contribution in [-0.4, -0.2) is 62.8 Å². The van der Waals surface area contributed by atoms with Crippen molar-refractivity contribution in [2.45, 2.75) is 52.6 Å². The second-order valence-corrected chi connectivity index (χ2v) is 7.38. The standard InChI is InChI=1S/C18H36N4O/c1-4-19-18(20-9-5-6-16-7-8-16)21-12-17-14-22(10-11-23-17)13-15(2)3/h15-17H,4-14H2,1-3H3,(H2,19,20,21). The topological polar surface area (TPSA) is 48.9 Å². The molecule has 1 aliphatic carbocycles. The molecule has 0 amide bonds. The van der Waals surface area contributed by atoms with E-state index in [1.807, 2.05) is 0 Å². The predicted molar refractivity (Wildman–Crippen MR) is 97.0 cm³/mol. The van der Waals surface area contributed by atoms with Crippen LogP contribution in [0.3, 0.4) is 0 Å². The number of nitrogens with zero attached hydrogens (tertiary/aromatic N) is 2. The van der Waals surface area contributed by atoms with Crippen LogP contribution in [0, 0.1) is 11.8 Å². The van der Waals surface area contributed by atoms with Gasteiger partial charge in [-0.1, -0.05) is 26.7 Å². The van der Waals surface area contributed by atoms with Crippen LogP contribution < -0.4 is 10.6 Å². The molecule has 134 valence electrons. The molecule has 0 radical (unpaired) electrons. The van der Waals surface area contributed by atoms with E-state index < -0.39 is 0 Å². The maximum atomic E-state index is 5.88. The number of guanidine groups is 1. The quantitative estimate of drug-likeness (QED) is 0.387. The van der Waals surface area contributed by atoms with E-state index in [0.29, 0.717) is 5.92 Å². The van der Waals surface area contributed by atoms with E-state index >= 15 is 0 Å². The molecule has 1 unspecified atom stereocenters. The highest BCUT2D eigenvalue weighted by Gasteiger charge is 2.21. The lowest BCUT2D eigenvalue weighted by molar-refractivity contribution is -0.0261. The summed E-state index contributed by atoms with van der Waals surface area (Å²) in [5.41, 5.74) is 0. The lowest BCUT2D eigenvalue weighted by Crippen LogP contribution is -2.46. The Morgan fingerprint density at radius 3 is 2.83 bits per heavy atom. The van der Waals surface area contributed by atoms with Crippen molar-refractivity contribution in [1.82, 2.24) is 15.5 Å². The SMILES string of the molecule is CCNC(=NCC1CN(CC(C)C)CCO1)NCCCC1CC1. The lowest BCUT2D eigenvalue weighted by atomic mass is 10.2. The summed E-state index contributed by atoms with van der Waals surface area (Å²) in [6, 6.07) is 0. The predicted octanol–water partition coefficient (Wildman–Crippen LogP) is 2.09. The fourth-order valence-electron chi connectivity index (χ4n) is 3.11. The van der Waals surface area contributed by atoms with Gasteiger partial charge in [0.15, 0.2) is 5.96 Å². The Morgan fingerprint density at radius 1 is 1.30 bits per heavy atom. The van der Waals surface area contributed by atoms with Crippen LogP contribution in [0.4, 0.5) is 0 Å². The van der Waals surface area contributed by atoms with Crippen molar-refractivity contribution < 1.29 is 4.74 Å². The Hall–Kier alpha value is -0.810. The minimum Gasteiger partial charge on any atom is -0.374 e. The monoisotopic (exact) mass is 324 g/mol. The summed E-state index contributed by atoms with van der Waals surface area (Å²) in [4.78, 5) is 7.23. The molecule has 2 fully saturated rings. The van der Waals surface area contributed by atoms with Crippen LogP contribution in [-0.2, 0) is 4.74 Å². The average Bonchev–Trinajstić information content (AvgIpc) is 3.33. The van der Waals surface area contributed by atoms with Crippen molar-refractivity contribution in [3.63, 3.8) is 0 Å². The normalized spacial score (nSPS) is 23.3. The smallest absolute Gasteiger partial charge is 0.191 e. The van der Waals surface area contributed by atoms with Gasteiger partial charge >= 0.3 is 0 Å². The molecule has 0 aromatic carbocycles. The first-order valence-corrected chi connectivity index (χ1v) is 9.53. The first-order chi connectivity index (χ1) is 11.2. The van der Waals surface area contributed by atoms with Crippen LogP contribution >= 0.6 is 0 Å². The minimum absolute atomic E-state index is 0.226. The third kappa shape index (κ3) is 8.02. The molecule has 2 aliphatic rings. The summed E-state index contributed by atoms with van der Waals surface area (Å²) in [6.45, 7) is 13.4. The van der Waals surface area contributed by atoms with E-state index in [1.165, 1.54) is 25.7 Å². The molecular formula is C18H36N4O. The van der Waals surface area contributed by atoms with Gasteiger partial charge in [-0.15, -0.1) is 0 Å². The van der Waals surface area contributed by atoms with Crippen LogP contribution in [0.5, 0.6) is 0 Å². The Labute approximate surface area is 142 Å². The number of hydrogen-bond donors (Lipinski definition) is 2. The number of hydrogen-bond acceptors (Lipinski definition) is 3. The zero-order valence-corrected chi connectivity index (χ0v) is 15.3. The Morgan fingerprint density at radius 2 is 2.13 bits per heavy atom. The van der Waals surface area contributed by atoms with Gasteiger partial charge in [0.05, 0.1) is 19.3 Å². The van der Waals surface area contributed by atoms with E-state index in [0.717, 1.165) is 57.8 Å². The summed E-state index contributed by atoms with van der Waals surface area (Å²) in [6.07, 6.45) is 5.73. The van der Waals surface area contributed by atoms with Gasteiger partial charge in [0.2, 0.25) is 0 Å². The molecule has 1 atom stereocenters. The van der Waals surface area contributed by atoms with E-state index in [2.05, 4.69) is 36.3 Å². The fourth-order valence-corrected chi connectivity index (χ4v) is 3.11. The molecule has 0 spiro atoms. The van der Waals surface area contributed by atoms with Crippen LogP contribution in [0.2, 0.25) is 0 Å². The maximum absolute atomic E-state index is 5.88. The Balaban J connectivity index is 1.69. The molecule has 1 aliphatic heterocycles. The van der Waals surface area contributed by atoms with Gasteiger partial charge in [0, 0.05) is 32.7 Å². The molecule has 0 aromatic rings. The van der Waals surface area contributed by atoms with Crippen LogP contribution in [0.15, 0.2) is 4.99 Å². The average molecular weight is 325 g/mol. The summed E-state index contributed by atoms with van der Waals surface area (Å²) < 4.78 is 5.88. The zero-order chi connectivity index (χ0) is 16.5. The molecule has 1 saturated heterocycles. The molecule has 5 nitrogen and oxygen atoms in total. The molecular weight excluding hydrogens is 288 g/mol. The van der Waals surface area contributed by atoms with Crippen molar-refractivity contribution in [3.8, 4) is 0 Å². The number of rotatable bonds is 9. The van der Waals surface area contributed by atoms with Crippen LogP contribution in [0.1, 0.15) is 46.5 Å². The molecule has 1 saturated carbocycles. The van der Waals surface area contributed by atoms with Gasteiger partial charge in [-0.25, -0.2) is 0 Å². The van der Waals surface area contributed by atoms with Crippen LogP contribution in [0.25, 0.3) is 0 Å². The molecule has 0 bridgehead atoms. The lowest BCUT2D eigenvalue weighted by Gasteiger charge is -2.33. The zero-order valence-electron chi connectivity index (χ0n) is 15.3. The van der Waals surface area contributed by atoms with Crippen molar-refractivity contribution in [2.24, 2.45) is 16.8 Å². The summed E-state index contributed by atoms with van der Waals surface area (Å²) in [5, 5.41) is 6.80. The minimum atomic E-state index is 0.226. The molecule has 1 heterocycles. The highest BCUT2D eigenvalue weighted by Crippen LogP contribution is 2.33. The third-order valence-corrected chi connectivity index (χ3v) is 4.42. The largest absolute Gasteiger partial charge is 0.374 e. The second kappa shape index (κ2) is 10.1. The van der Waals surface area contributed by atoms with Gasteiger partial charge in [-0.3, -0.25) is 9.89 Å². The Bertz CT molecular complexity index is 355. The summed E-state index contributed by atoms with van der Waals surface area (Å²) in [5.74, 6) is 2.66. The molecule has 23 heavy (non-hydrogen) atoms. The van der Waals surface area contributed by atoms with Gasteiger partial charge < -0.3 is 15.4 Å². The summed E-state index contributed by atoms with van der Waals surface area (Å²) >= 11 is 0. The molecule has 2 rings (SSSR count). The van der Waals surface area contributed by atoms with Crippen molar-refractivity contribution in [3.05, 3.63) is 0 Å². The third-order valence-electron chi connectivity index (χ3n) is 4.42. The highest BCUT2D eigenvalue weighted by molar-refractivity contribution is 5.79. The molecule has 5 heteroatoms. The van der Waals surface area contributed by atoms with Gasteiger partial charge in [-0.2, -0.15) is 0 Å². The number of morpholine rings is 1. The second-order valence-electron chi connectivity index (χ2n) is 7.38. The van der Waals surface area contributed by atoms with Crippen molar-refractivity contribution in [2.75, 3.05) is 45.9 Å². The Kier molecular flexibility index (Phi) is 8.17. The molecule has 2 N–H and O–H groups in total. The van der Waals surface area contributed by atoms with Gasteiger partial charge in [0.25, 0.3) is 0 Å². The van der Waals surface area contributed by atoms with E-state index in [4.69, 9.17) is 9.73 Å². The maximum Gasteiger partial charge on any atom is 0.191 e. The highest BCUT2D eigenvalue weighted by atomic mass is 16.5. The molecule has 0 aromatic heterocycles. The first kappa shape index (κ1) is 18.5. The first-order valence-electron chi connectivity index (χ1n) is 9.53. The summed E-state index contributed by atoms with van der Waals surface area (Å²) in [7, 11) is 0.